The fourth-order valence-corrected chi connectivity index (χ4v) is 5.06. The van der Waals surface area contributed by atoms with E-state index in [-0.39, 0.29) is 0 Å². The van der Waals surface area contributed by atoms with Crippen molar-refractivity contribution in [1.82, 2.24) is 19.7 Å². The first-order valence-corrected chi connectivity index (χ1v) is 10.8. The number of thiophene rings is 1. The highest BCUT2D eigenvalue weighted by Gasteiger charge is 2.20. The molecule has 1 saturated heterocycles. The van der Waals surface area contributed by atoms with E-state index < -0.39 is 10.0 Å². The molecule has 3 heterocycles. The van der Waals surface area contributed by atoms with E-state index in [9.17, 15) is 8.42 Å². The molecule has 0 bridgehead atoms. The Kier molecular flexibility index (Phi) is 5.90. The van der Waals surface area contributed by atoms with Gasteiger partial charge < -0.3 is 9.42 Å². The molecule has 0 radical (unpaired) electrons. The lowest BCUT2D eigenvalue weighted by molar-refractivity contribution is 0.139. The van der Waals surface area contributed by atoms with Crippen LogP contribution < -0.4 is 4.72 Å². The molecule has 7 nitrogen and oxygen atoms in total. The monoisotopic (exact) mass is 384 g/mol. The third kappa shape index (κ3) is 4.68. The molecule has 9 heteroatoms. The maximum absolute atomic E-state index is 12.4. The van der Waals surface area contributed by atoms with Crippen molar-refractivity contribution in [2.75, 3.05) is 45.8 Å². The lowest BCUT2D eigenvalue weighted by Crippen LogP contribution is -2.48. The second kappa shape index (κ2) is 7.96. The molecule has 1 aliphatic rings. The lowest BCUT2D eigenvalue weighted by Gasteiger charge is -2.33. The average molecular weight is 385 g/mol. The number of aromatic nitrogens is 1. The van der Waals surface area contributed by atoms with Crippen molar-refractivity contribution in [3.05, 3.63) is 23.2 Å². The summed E-state index contributed by atoms with van der Waals surface area (Å²) in [6, 6.07) is 3.43. The van der Waals surface area contributed by atoms with E-state index in [1.807, 2.05) is 6.92 Å². The van der Waals surface area contributed by atoms with Gasteiger partial charge in [0.2, 0.25) is 10.0 Å². The summed E-state index contributed by atoms with van der Waals surface area (Å²) in [6.45, 7) is 10.3. The maximum Gasteiger partial charge on any atom is 0.250 e. The highest BCUT2D eigenvalue weighted by Crippen LogP contribution is 2.28. The van der Waals surface area contributed by atoms with Gasteiger partial charge >= 0.3 is 0 Å². The molecule has 0 saturated carbocycles. The zero-order valence-electron chi connectivity index (χ0n) is 14.6. The van der Waals surface area contributed by atoms with E-state index in [1.165, 1.54) is 11.3 Å². The van der Waals surface area contributed by atoms with Crippen LogP contribution in [0.3, 0.4) is 0 Å². The van der Waals surface area contributed by atoms with E-state index in [0.717, 1.165) is 50.5 Å². The predicted octanol–water partition coefficient (Wildman–Crippen LogP) is 1.63. The van der Waals surface area contributed by atoms with Crippen LogP contribution >= 0.6 is 11.3 Å². The van der Waals surface area contributed by atoms with Gasteiger partial charge in [0.25, 0.3) is 0 Å². The van der Waals surface area contributed by atoms with Gasteiger partial charge in [-0.15, -0.1) is 11.3 Å². The Morgan fingerprint density at radius 2 is 1.96 bits per heavy atom. The molecule has 0 unspecified atom stereocenters. The van der Waals surface area contributed by atoms with Crippen LogP contribution in [0.5, 0.6) is 0 Å². The largest absolute Gasteiger partial charge is 0.356 e. The van der Waals surface area contributed by atoms with E-state index in [4.69, 9.17) is 4.52 Å². The van der Waals surface area contributed by atoms with Gasteiger partial charge in [-0.3, -0.25) is 4.90 Å². The standard InChI is InChI=1S/C16H24N4O3S2/c1-3-19-6-8-20(9-7-19)5-4-17-25(21,22)16-11-14(12-24-16)15-10-13(2)18-23-15/h10-12,17H,3-9H2,1-2H3. The molecular weight excluding hydrogens is 360 g/mol. The van der Waals surface area contributed by atoms with Gasteiger partial charge in [0.15, 0.2) is 5.76 Å². The Hall–Kier alpha value is -1.26. The molecule has 0 aromatic carbocycles. The van der Waals surface area contributed by atoms with Crippen LogP contribution in [0.15, 0.2) is 26.2 Å². The summed E-state index contributed by atoms with van der Waals surface area (Å²) in [4.78, 5) is 4.70. The predicted molar refractivity (Wildman–Crippen MR) is 98.3 cm³/mol. The number of hydrogen-bond donors (Lipinski definition) is 1. The molecule has 3 rings (SSSR count). The van der Waals surface area contributed by atoms with Crippen LogP contribution in [0, 0.1) is 6.92 Å². The minimum atomic E-state index is -3.49. The molecular formula is C16H24N4O3S2. The van der Waals surface area contributed by atoms with E-state index >= 15 is 0 Å². The van der Waals surface area contributed by atoms with Crippen molar-refractivity contribution < 1.29 is 12.9 Å². The van der Waals surface area contributed by atoms with E-state index in [2.05, 4.69) is 26.6 Å². The van der Waals surface area contributed by atoms with Gasteiger partial charge in [0, 0.05) is 56.3 Å². The minimum Gasteiger partial charge on any atom is -0.356 e. The smallest absolute Gasteiger partial charge is 0.250 e. The van der Waals surface area contributed by atoms with Crippen LogP contribution in [-0.2, 0) is 10.0 Å². The van der Waals surface area contributed by atoms with E-state index in [0.29, 0.717) is 16.5 Å². The lowest BCUT2D eigenvalue weighted by atomic mass is 10.2. The van der Waals surface area contributed by atoms with Crippen molar-refractivity contribution in [3.63, 3.8) is 0 Å². The van der Waals surface area contributed by atoms with Crippen LogP contribution in [0.25, 0.3) is 11.3 Å². The third-order valence-electron chi connectivity index (χ3n) is 4.38. The topological polar surface area (TPSA) is 78.7 Å². The fourth-order valence-electron chi connectivity index (χ4n) is 2.82. The summed E-state index contributed by atoms with van der Waals surface area (Å²) in [5.41, 5.74) is 1.51. The van der Waals surface area contributed by atoms with Gasteiger partial charge in [0.1, 0.15) is 4.21 Å². The molecule has 25 heavy (non-hydrogen) atoms. The zero-order valence-corrected chi connectivity index (χ0v) is 16.2. The number of aryl methyl sites for hydroxylation is 1. The molecule has 2 aromatic rings. The number of likely N-dealkylation sites (N-methyl/N-ethyl adjacent to an activating group) is 1. The molecule has 0 atom stereocenters. The summed E-state index contributed by atoms with van der Waals surface area (Å²) in [7, 11) is -3.49. The summed E-state index contributed by atoms with van der Waals surface area (Å²) < 4.78 is 33.1. The number of rotatable bonds is 7. The molecule has 2 aromatic heterocycles. The third-order valence-corrected chi connectivity index (χ3v) is 7.29. The van der Waals surface area contributed by atoms with Crippen LogP contribution in [0.4, 0.5) is 0 Å². The Morgan fingerprint density at radius 1 is 1.24 bits per heavy atom. The van der Waals surface area contributed by atoms with Gasteiger partial charge in [-0.25, -0.2) is 13.1 Å². The number of sulfonamides is 1. The van der Waals surface area contributed by atoms with Gasteiger partial charge in [-0.1, -0.05) is 12.1 Å². The zero-order chi connectivity index (χ0) is 17.9. The number of hydrogen-bond acceptors (Lipinski definition) is 7. The molecule has 0 aliphatic carbocycles. The molecule has 0 spiro atoms. The number of piperazine rings is 1. The summed E-state index contributed by atoms with van der Waals surface area (Å²) in [6.07, 6.45) is 0. The second-order valence-electron chi connectivity index (χ2n) is 6.16. The van der Waals surface area contributed by atoms with Crippen molar-refractivity contribution in [1.29, 1.82) is 0 Å². The minimum absolute atomic E-state index is 0.298. The fraction of sp³-hybridized carbons (Fsp3) is 0.562. The Labute approximate surface area is 152 Å². The van der Waals surface area contributed by atoms with Crippen LogP contribution in [0.2, 0.25) is 0 Å². The van der Waals surface area contributed by atoms with Crippen molar-refractivity contribution >= 4 is 21.4 Å². The van der Waals surface area contributed by atoms with Gasteiger partial charge in [-0.05, 0) is 19.5 Å². The normalized spacial score (nSPS) is 17.2. The molecule has 1 aliphatic heterocycles. The molecule has 138 valence electrons. The van der Waals surface area contributed by atoms with Crippen LogP contribution in [-0.4, -0.2) is 69.2 Å². The van der Waals surface area contributed by atoms with Gasteiger partial charge in [0.05, 0.1) is 5.69 Å². The number of nitrogens with zero attached hydrogens (tertiary/aromatic N) is 3. The molecule has 1 N–H and O–H groups in total. The first-order chi connectivity index (χ1) is 12.0. The highest BCUT2D eigenvalue weighted by atomic mass is 32.2. The number of nitrogens with one attached hydrogen (secondary N) is 1. The summed E-state index contributed by atoms with van der Waals surface area (Å²) in [5.74, 6) is 0.587. The van der Waals surface area contributed by atoms with Gasteiger partial charge in [-0.2, -0.15) is 0 Å². The quantitative estimate of drug-likeness (QED) is 0.782. The average Bonchev–Trinajstić information content (AvgIpc) is 3.24. The maximum atomic E-state index is 12.4. The molecule has 0 amide bonds. The van der Waals surface area contributed by atoms with Crippen LogP contribution in [0.1, 0.15) is 12.6 Å². The second-order valence-corrected chi connectivity index (χ2v) is 9.07. The highest BCUT2D eigenvalue weighted by molar-refractivity contribution is 7.91. The van der Waals surface area contributed by atoms with Crippen molar-refractivity contribution in [3.8, 4) is 11.3 Å². The summed E-state index contributed by atoms with van der Waals surface area (Å²) in [5, 5.41) is 5.61. The Bertz CT molecular complexity index is 792. The molecule has 1 fully saturated rings. The van der Waals surface area contributed by atoms with Crippen molar-refractivity contribution in [2.45, 2.75) is 18.1 Å². The van der Waals surface area contributed by atoms with Crippen molar-refractivity contribution in [2.24, 2.45) is 0 Å². The Balaban J connectivity index is 1.53. The SMILES string of the molecule is CCN1CCN(CCNS(=O)(=O)c2cc(-c3cc(C)no3)cs2)CC1. The first kappa shape index (κ1) is 18.5. The Morgan fingerprint density at radius 3 is 2.60 bits per heavy atom. The van der Waals surface area contributed by atoms with E-state index in [1.54, 1.807) is 17.5 Å². The summed E-state index contributed by atoms with van der Waals surface area (Å²) >= 11 is 1.19. The first-order valence-electron chi connectivity index (χ1n) is 8.44.